The maximum absolute atomic E-state index is 12.3. The molecule has 0 spiro atoms. The number of nitrogens with zero attached hydrogens (tertiary/aromatic N) is 1. The van der Waals surface area contributed by atoms with Crippen LogP contribution in [0.4, 0.5) is 0 Å². The number of allylic oxidation sites excluding steroid dienone is 2. The molecule has 1 saturated heterocycles. The van der Waals surface area contributed by atoms with Gasteiger partial charge in [0.05, 0.1) is 23.3 Å². The van der Waals surface area contributed by atoms with Crippen LogP contribution in [0.2, 0.25) is 10.0 Å². The van der Waals surface area contributed by atoms with E-state index in [2.05, 4.69) is 0 Å². The summed E-state index contributed by atoms with van der Waals surface area (Å²) in [4.78, 5) is 37.7. The number of rotatable bonds is 4. The van der Waals surface area contributed by atoms with Crippen LogP contribution in [0.3, 0.4) is 0 Å². The van der Waals surface area contributed by atoms with Gasteiger partial charge in [-0.15, -0.1) is 0 Å². The van der Waals surface area contributed by atoms with Gasteiger partial charge >= 0.3 is 5.97 Å². The summed E-state index contributed by atoms with van der Waals surface area (Å²) in [7, 11) is 0. The van der Waals surface area contributed by atoms with Gasteiger partial charge in [0.25, 0.3) is 0 Å². The van der Waals surface area contributed by atoms with Crippen LogP contribution in [-0.4, -0.2) is 29.2 Å². The molecule has 2 atom stereocenters. The van der Waals surface area contributed by atoms with Gasteiger partial charge in [-0.1, -0.05) is 35.4 Å². The van der Waals surface area contributed by atoms with E-state index < -0.39 is 5.97 Å². The number of carbonyl (C=O) groups is 3. The van der Waals surface area contributed by atoms with Crippen LogP contribution in [0.5, 0.6) is 5.75 Å². The van der Waals surface area contributed by atoms with Crippen molar-refractivity contribution in [3.05, 3.63) is 40.4 Å². The molecule has 0 bridgehead atoms. The number of hydrogen-bond donors (Lipinski definition) is 0. The SMILES string of the molecule is O=C(CCN1C(=O)[C@H]2CC=CC[C@@H]2C1=O)Oc1cc(Cl)ccc1Cl. The second-order valence-electron chi connectivity index (χ2n) is 5.78. The van der Waals surface area contributed by atoms with Crippen LogP contribution < -0.4 is 4.74 Å². The third-order valence-corrected chi connectivity index (χ3v) is 4.80. The van der Waals surface area contributed by atoms with Gasteiger partial charge in [0.2, 0.25) is 11.8 Å². The molecule has 0 N–H and O–H groups in total. The second kappa shape index (κ2) is 6.95. The number of benzene rings is 1. The van der Waals surface area contributed by atoms with Crippen molar-refractivity contribution in [1.29, 1.82) is 0 Å². The predicted octanol–water partition coefficient (Wildman–Crippen LogP) is 3.24. The Kier molecular flexibility index (Phi) is 4.92. The number of carbonyl (C=O) groups excluding carboxylic acids is 3. The maximum Gasteiger partial charge on any atom is 0.313 e. The molecule has 1 aliphatic heterocycles. The van der Waals surface area contributed by atoms with Crippen molar-refractivity contribution in [3.63, 3.8) is 0 Å². The first-order valence-corrected chi connectivity index (χ1v) is 8.39. The van der Waals surface area contributed by atoms with E-state index in [0.29, 0.717) is 17.9 Å². The number of imide groups is 1. The minimum Gasteiger partial charge on any atom is -0.425 e. The van der Waals surface area contributed by atoms with Crippen LogP contribution in [0.15, 0.2) is 30.4 Å². The minimum atomic E-state index is -0.576. The van der Waals surface area contributed by atoms with Crippen LogP contribution in [-0.2, 0) is 14.4 Å². The Labute approximate surface area is 149 Å². The molecule has 1 heterocycles. The Morgan fingerprint density at radius 1 is 1.12 bits per heavy atom. The lowest BCUT2D eigenvalue weighted by atomic mass is 9.85. The smallest absolute Gasteiger partial charge is 0.313 e. The van der Waals surface area contributed by atoms with Gasteiger partial charge in [-0.3, -0.25) is 19.3 Å². The van der Waals surface area contributed by atoms with E-state index in [0.717, 1.165) is 0 Å². The maximum atomic E-state index is 12.3. The summed E-state index contributed by atoms with van der Waals surface area (Å²) in [5.74, 6) is -1.41. The number of likely N-dealkylation sites (tertiary alicyclic amines) is 1. The molecule has 0 unspecified atom stereocenters. The molecule has 1 aromatic rings. The zero-order chi connectivity index (χ0) is 17.3. The molecular formula is C17H15Cl2NO4. The van der Waals surface area contributed by atoms with Gasteiger partial charge in [0, 0.05) is 17.6 Å². The number of ether oxygens (including phenoxy) is 1. The van der Waals surface area contributed by atoms with Crippen LogP contribution in [0.1, 0.15) is 19.3 Å². The summed E-state index contributed by atoms with van der Waals surface area (Å²) in [5.41, 5.74) is 0. The van der Waals surface area contributed by atoms with Gasteiger partial charge in [0.15, 0.2) is 5.75 Å². The van der Waals surface area contributed by atoms with Crippen molar-refractivity contribution in [2.45, 2.75) is 19.3 Å². The van der Waals surface area contributed by atoms with Crippen molar-refractivity contribution in [2.24, 2.45) is 11.8 Å². The number of amides is 2. The number of hydrogen-bond acceptors (Lipinski definition) is 4. The van der Waals surface area contributed by atoms with Crippen molar-refractivity contribution >= 4 is 41.0 Å². The normalized spacial score (nSPS) is 22.7. The van der Waals surface area contributed by atoms with Crippen molar-refractivity contribution < 1.29 is 19.1 Å². The molecule has 1 fully saturated rings. The molecule has 1 aromatic carbocycles. The quantitative estimate of drug-likeness (QED) is 0.354. The summed E-state index contributed by atoms with van der Waals surface area (Å²) in [6.07, 6.45) is 4.91. The number of halogens is 2. The Morgan fingerprint density at radius 2 is 1.75 bits per heavy atom. The fraction of sp³-hybridized carbons (Fsp3) is 0.353. The highest BCUT2D eigenvalue weighted by atomic mass is 35.5. The molecule has 0 radical (unpaired) electrons. The molecule has 5 nitrogen and oxygen atoms in total. The summed E-state index contributed by atoms with van der Waals surface area (Å²) in [5, 5.41) is 0.654. The predicted molar refractivity (Wildman–Crippen MR) is 88.8 cm³/mol. The van der Waals surface area contributed by atoms with Crippen LogP contribution in [0, 0.1) is 11.8 Å². The van der Waals surface area contributed by atoms with E-state index in [9.17, 15) is 14.4 Å². The summed E-state index contributed by atoms with van der Waals surface area (Å²) >= 11 is 11.8. The zero-order valence-electron chi connectivity index (χ0n) is 12.7. The van der Waals surface area contributed by atoms with Crippen molar-refractivity contribution in [1.82, 2.24) is 4.90 Å². The van der Waals surface area contributed by atoms with E-state index in [-0.39, 0.29) is 47.4 Å². The van der Waals surface area contributed by atoms with E-state index in [1.807, 2.05) is 12.2 Å². The molecule has 24 heavy (non-hydrogen) atoms. The Morgan fingerprint density at radius 3 is 2.38 bits per heavy atom. The van der Waals surface area contributed by atoms with Gasteiger partial charge in [0.1, 0.15) is 0 Å². The average molecular weight is 368 g/mol. The first-order valence-electron chi connectivity index (χ1n) is 7.63. The highest BCUT2D eigenvalue weighted by molar-refractivity contribution is 6.34. The van der Waals surface area contributed by atoms with E-state index in [1.54, 1.807) is 6.07 Å². The third kappa shape index (κ3) is 3.32. The lowest BCUT2D eigenvalue weighted by Gasteiger charge is -2.14. The summed E-state index contributed by atoms with van der Waals surface area (Å²) < 4.78 is 5.16. The van der Waals surface area contributed by atoms with E-state index in [4.69, 9.17) is 27.9 Å². The Bertz CT molecular complexity index is 705. The lowest BCUT2D eigenvalue weighted by molar-refractivity contribution is -0.141. The molecule has 2 aliphatic rings. The zero-order valence-corrected chi connectivity index (χ0v) is 14.2. The number of fused-ring (bicyclic) bond motifs is 1. The second-order valence-corrected chi connectivity index (χ2v) is 6.63. The molecule has 0 aromatic heterocycles. The highest BCUT2D eigenvalue weighted by Gasteiger charge is 2.46. The fourth-order valence-electron chi connectivity index (χ4n) is 3.02. The van der Waals surface area contributed by atoms with Crippen molar-refractivity contribution in [2.75, 3.05) is 6.54 Å². The molecule has 7 heteroatoms. The number of esters is 1. The molecule has 126 valence electrons. The summed E-state index contributed by atoms with van der Waals surface area (Å²) in [6, 6.07) is 4.55. The van der Waals surface area contributed by atoms with Gasteiger partial charge in [-0.05, 0) is 25.0 Å². The first kappa shape index (κ1) is 17.0. The van der Waals surface area contributed by atoms with Crippen molar-refractivity contribution in [3.8, 4) is 5.75 Å². The molecule has 0 saturated carbocycles. The standard InChI is InChI=1S/C17H15Cl2NO4/c18-10-5-6-13(19)14(9-10)24-15(21)7-8-20-16(22)11-3-1-2-4-12(11)17(20)23/h1-2,5-6,9,11-12H,3-4,7-8H2/t11-,12-/m0/s1. The monoisotopic (exact) mass is 367 g/mol. The van der Waals surface area contributed by atoms with Gasteiger partial charge in [-0.25, -0.2) is 0 Å². The highest BCUT2D eigenvalue weighted by Crippen LogP contribution is 2.35. The van der Waals surface area contributed by atoms with E-state index >= 15 is 0 Å². The molecular weight excluding hydrogens is 353 g/mol. The molecule has 1 aliphatic carbocycles. The molecule has 2 amide bonds. The fourth-order valence-corrected chi connectivity index (χ4v) is 3.34. The topological polar surface area (TPSA) is 63.7 Å². The average Bonchev–Trinajstić information content (AvgIpc) is 2.81. The Balaban J connectivity index is 1.59. The molecule has 3 rings (SSSR count). The van der Waals surface area contributed by atoms with Gasteiger partial charge < -0.3 is 4.74 Å². The van der Waals surface area contributed by atoms with Crippen LogP contribution in [0.25, 0.3) is 0 Å². The third-order valence-electron chi connectivity index (χ3n) is 4.26. The Hall–Kier alpha value is -1.85. The minimum absolute atomic E-state index is 0.0156. The van der Waals surface area contributed by atoms with Gasteiger partial charge in [-0.2, -0.15) is 0 Å². The first-order chi connectivity index (χ1) is 11.5. The largest absolute Gasteiger partial charge is 0.425 e. The van der Waals surface area contributed by atoms with Crippen LogP contribution >= 0.6 is 23.2 Å². The van der Waals surface area contributed by atoms with E-state index in [1.165, 1.54) is 17.0 Å². The lowest BCUT2D eigenvalue weighted by Crippen LogP contribution is -2.33. The summed E-state index contributed by atoms with van der Waals surface area (Å²) in [6.45, 7) is 0.0156.